The molecule has 3 heteroatoms. The van der Waals surface area contributed by atoms with Crippen molar-refractivity contribution in [2.45, 2.75) is 17.9 Å². The van der Waals surface area contributed by atoms with Crippen molar-refractivity contribution in [2.24, 2.45) is 5.73 Å². The lowest BCUT2D eigenvalue weighted by molar-refractivity contribution is 0.248. The summed E-state index contributed by atoms with van der Waals surface area (Å²) in [5, 5.41) is 2.84. The molecule has 1 atom stereocenters. The third kappa shape index (κ3) is 1.97. The molecule has 1 fully saturated rings. The van der Waals surface area contributed by atoms with E-state index < -0.39 is 6.03 Å². The molecular formula is C16H16N2O. The van der Waals surface area contributed by atoms with Crippen LogP contribution < -0.4 is 11.1 Å². The van der Waals surface area contributed by atoms with Gasteiger partial charge in [0.05, 0.1) is 0 Å². The molecule has 0 spiro atoms. The number of primary amides is 1. The standard InChI is InChI=1S/C16H16N2O/c17-15(19)18-14-11-16(14,12-7-3-1-4-8-12)13-9-5-2-6-10-13/h1-10,14H,11H2,(H3,17,18,19)/t14-/m1/s1. The highest BCUT2D eigenvalue weighted by atomic mass is 16.2. The van der Waals surface area contributed by atoms with Crippen molar-refractivity contribution in [1.29, 1.82) is 0 Å². The molecule has 2 aromatic carbocycles. The maximum Gasteiger partial charge on any atom is 0.312 e. The number of rotatable bonds is 3. The summed E-state index contributed by atoms with van der Waals surface area (Å²) in [6.07, 6.45) is 0.893. The number of carbonyl (C=O) groups excluding carboxylic acids is 1. The van der Waals surface area contributed by atoms with Crippen LogP contribution in [-0.4, -0.2) is 12.1 Å². The quantitative estimate of drug-likeness (QED) is 0.866. The smallest absolute Gasteiger partial charge is 0.312 e. The van der Waals surface area contributed by atoms with Gasteiger partial charge in [-0.2, -0.15) is 0 Å². The third-order valence-corrected chi connectivity index (χ3v) is 3.86. The molecule has 0 aromatic heterocycles. The van der Waals surface area contributed by atoms with Gasteiger partial charge in [0.2, 0.25) is 0 Å². The molecule has 96 valence electrons. The topological polar surface area (TPSA) is 55.1 Å². The number of urea groups is 1. The van der Waals surface area contributed by atoms with Crippen LogP contribution in [0.25, 0.3) is 0 Å². The van der Waals surface area contributed by atoms with Crippen LogP contribution in [0.1, 0.15) is 17.5 Å². The van der Waals surface area contributed by atoms with Gasteiger partial charge < -0.3 is 11.1 Å². The Bertz CT molecular complexity index is 541. The Morgan fingerprint density at radius 3 is 1.89 bits per heavy atom. The van der Waals surface area contributed by atoms with E-state index in [0.29, 0.717) is 0 Å². The van der Waals surface area contributed by atoms with E-state index in [1.807, 2.05) is 36.4 Å². The summed E-state index contributed by atoms with van der Waals surface area (Å²) in [6.45, 7) is 0. The molecule has 0 radical (unpaired) electrons. The molecular weight excluding hydrogens is 236 g/mol. The van der Waals surface area contributed by atoms with E-state index in [1.165, 1.54) is 11.1 Å². The van der Waals surface area contributed by atoms with Crippen molar-refractivity contribution in [2.75, 3.05) is 0 Å². The van der Waals surface area contributed by atoms with E-state index in [4.69, 9.17) is 5.73 Å². The van der Waals surface area contributed by atoms with Crippen LogP contribution in [0.3, 0.4) is 0 Å². The van der Waals surface area contributed by atoms with Crippen LogP contribution in [0.5, 0.6) is 0 Å². The van der Waals surface area contributed by atoms with Crippen LogP contribution in [-0.2, 0) is 5.41 Å². The van der Waals surface area contributed by atoms with Gasteiger partial charge in [-0.25, -0.2) is 4.79 Å². The first-order valence-corrected chi connectivity index (χ1v) is 6.40. The Hall–Kier alpha value is -2.29. The molecule has 1 aliphatic carbocycles. The van der Waals surface area contributed by atoms with Gasteiger partial charge in [0, 0.05) is 11.5 Å². The lowest BCUT2D eigenvalue weighted by Crippen LogP contribution is -2.35. The van der Waals surface area contributed by atoms with Crippen molar-refractivity contribution in [3.63, 3.8) is 0 Å². The maximum absolute atomic E-state index is 11.1. The average molecular weight is 252 g/mol. The summed E-state index contributed by atoms with van der Waals surface area (Å²) in [7, 11) is 0. The lowest BCUT2D eigenvalue weighted by atomic mass is 9.87. The normalized spacial score (nSPS) is 19.7. The summed E-state index contributed by atoms with van der Waals surface area (Å²) in [5.74, 6) is 0. The number of hydrogen-bond acceptors (Lipinski definition) is 1. The highest BCUT2D eigenvalue weighted by Gasteiger charge is 2.57. The third-order valence-electron chi connectivity index (χ3n) is 3.86. The molecule has 0 saturated heterocycles. The second-order valence-corrected chi connectivity index (χ2v) is 4.97. The summed E-state index contributed by atoms with van der Waals surface area (Å²) in [5.41, 5.74) is 7.58. The second-order valence-electron chi connectivity index (χ2n) is 4.97. The van der Waals surface area contributed by atoms with E-state index in [-0.39, 0.29) is 11.5 Å². The molecule has 19 heavy (non-hydrogen) atoms. The van der Waals surface area contributed by atoms with Gasteiger partial charge in [-0.3, -0.25) is 0 Å². The van der Waals surface area contributed by atoms with Crippen molar-refractivity contribution >= 4 is 6.03 Å². The van der Waals surface area contributed by atoms with Crippen LogP contribution in [0.2, 0.25) is 0 Å². The first-order chi connectivity index (χ1) is 9.23. The van der Waals surface area contributed by atoms with Gasteiger partial charge in [0.25, 0.3) is 0 Å². The predicted octanol–water partition coefficient (Wildman–Crippen LogP) is 2.41. The van der Waals surface area contributed by atoms with Crippen LogP contribution >= 0.6 is 0 Å². The number of nitrogens with one attached hydrogen (secondary N) is 1. The number of hydrogen-bond donors (Lipinski definition) is 2. The number of nitrogens with two attached hydrogens (primary N) is 1. The van der Waals surface area contributed by atoms with E-state index in [0.717, 1.165) is 6.42 Å². The Morgan fingerprint density at radius 1 is 1.00 bits per heavy atom. The molecule has 0 heterocycles. The summed E-state index contributed by atoms with van der Waals surface area (Å²) in [4.78, 5) is 11.1. The number of amides is 2. The molecule has 2 amide bonds. The average Bonchev–Trinajstić information content (AvgIpc) is 3.15. The minimum Gasteiger partial charge on any atom is -0.352 e. The number of carbonyl (C=O) groups is 1. The van der Waals surface area contributed by atoms with Crippen LogP contribution in [0.15, 0.2) is 60.7 Å². The van der Waals surface area contributed by atoms with Crippen molar-refractivity contribution < 1.29 is 4.79 Å². The first kappa shape index (κ1) is 11.8. The Labute approximate surface area is 112 Å². The molecule has 0 unspecified atom stereocenters. The molecule has 1 aliphatic rings. The highest BCUT2D eigenvalue weighted by molar-refractivity contribution is 5.73. The van der Waals surface area contributed by atoms with Crippen LogP contribution in [0, 0.1) is 0 Å². The summed E-state index contributed by atoms with van der Waals surface area (Å²) < 4.78 is 0. The largest absolute Gasteiger partial charge is 0.352 e. The molecule has 3 rings (SSSR count). The number of benzene rings is 2. The first-order valence-electron chi connectivity index (χ1n) is 6.40. The van der Waals surface area contributed by atoms with E-state index in [2.05, 4.69) is 29.6 Å². The van der Waals surface area contributed by atoms with Gasteiger partial charge >= 0.3 is 6.03 Å². The minimum atomic E-state index is -0.460. The lowest BCUT2D eigenvalue weighted by Gasteiger charge is -2.19. The molecule has 3 nitrogen and oxygen atoms in total. The fraction of sp³-hybridized carbons (Fsp3) is 0.188. The predicted molar refractivity (Wildman–Crippen MR) is 74.8 cm³/mol. The van der Waals surface area contributed by atoms with Gasteiger partial charge in [0.1, 0.15) is 0 Å². The maximum atomic E-state index is 11.1. The van der Waals surface area contributed by atoms with E-state index in [1.54, 1.807) is 0 Å². The SMILES string of the molecule is NC(=O)N[C@@H]1CC1(c1ccccc1)c1ccccc1. The Kier molecular flexibility index (Phi) is 2.75. The molecule has 3 N–H and O–H groups in total. The van der Waals surface area contributed by atoms with Gasteiger partial charge in [-0.15, -0.1) is 0 Å². The van der Waals surface area contributed by atoms with E-state index >= 15 is 0 Å². The molecule has 2 aromatic rings. The zero-order valence-corrected chi connectivity index (χ0v) is 10.5. The highest BCUT2D eigenvalue weighted by Crippen LogP contribution is 2.53. The summed E-state index contributed by atoms with van der Waals surface area (Å²) >= 11 is 0. The minimum absolute atomic E-state index is 0.0785. The molecule has 0 bridgehead atoms. The second kappa shape index (κ2) is 4.43. The van der Waals surface area contributed by atoms with E-state index in [9.17, 15) is 4.79 Å². The molecule has 0 aliphatic heterocycles. The monoisotopic (exact) mass is 252 g/mol. The zero-order valence-electron chi connectivity index (χ0n) is 10.5. The Morgan fingerprint density at radius 2 is 1.47 bits per heavy atom. The van der Waals surface area contributed by atoms with Gasteiger partial charge in [0.15, 0.2) is 0 Å². The van der Waals surface area contributed by atoms with Gasteiger partial charge in [-0.05, 0) is 17.5 Å². The summed E-state index contributed by atoms with van der Waals surface area (Å²) in [6, 6.07) is 20.2. The van der Waals surface area contributed by atoms with Crippen LogP contribution in [0.4, 0.5) is 4.79 Å². The van der Waals surface area contributed by atoms with Crippen molar-refractivity contribution in [1.82, 2.24) is 5.32 Å². The molecule has 1 saturated carbocycles. The Balaban J connectivity index is 2.02. The van der Waals surface area contributed by atoms with Crippen molar-refractivity contribution in [3.8, 4) is 0 Å². The zero-order chi connectivity index (χ0) is 13.3. The van der Waals surface area contributed by atoms with Crippen molar-refractivity contribution in [3.05, 3.63) is 71.8 Å². The fourth-order valence-electron chi connectivity index (χ4n) is 2.88. The fourth-order valence-corrected chi connectivity index (χ4v) is 2.88. The van der Waals surface area contributed by atoms with Gasteiger partial charge in [-0.1, -0.05) is 60.7 Å².